The molecular weight excluding hydrogens is 378 g/mol. The maximum absolute atomic E-state index is 14.9. The molecule has 0 spiro atoms. The molecule has 9 heteroatoms. The summed E-state index contributed by atoms with van der Waals surface area (Å²) in [5.74, 6) is -0.635. The highest BCUT2D eigenvalue weighted by atomic mass is 19.1. The van der Waals surface area contributed by atoms with E-state index in [1.165, 1.54) is 12.1 Å². The van der Waals surface area contributed by atoms with E-state index in [-0.39, 0.29) is 11.7 Å². The van der Waals surface area contributed by atoms with E-state index in [0.29, 0.717) is 41.3 Å². The lowest BCUT2D eigenvalue weighted by Crippen LogP contribution is -2.17. The second-order valence-electron chi connectivity index (χ2n) is 6.90. The van der Waals surface area contributed by atoms with Gasteiger partial charge in [-0.2, -0.15) is 5.10 Å². The van der Waals surface area contributed by atoms with E-state index < -0.39 is 11.6 Å². The Kier molecular flexibility index (Phi) is 4.08. The average Bonchev–Trinajstić information content (AvgIpc) is 3.44. The molecule has 29 heavy (non-hydrogen) atoms. The fourth-order valence-electron chi connectivity index (χ4n) is 3.50. The van der Waals surface area contributed by atoms with Gasteiger partial charge in [0.15, 0.2) is 11.8 Å². The molecule has 4 aromatic rings. The largest absolute Gasteiger partial charge is 0.390 e. The molecule has 4 heterocycles. The third-order valence-electron chi connectivity index (χ3n) is 4.93. The van der Waals surface area contributed by atoms with Gasteiger partial charge in [-0.15, -0.1) is 10.2 Å². The molecule has 3 aromatic heterocycles. The second kappa shape index (κ2) is 6.77. The number of aromatic nitrogens is 5. The van der Waals surface area contributed by atoms with Gasteiger partial charge in [0.2, 0.25) is 0 Å². The summed E-state index contributed by atoms with van der Waals surface area (Å²) in [7, 11) is 0. The highest BCUT2D eigenvalue weighted by molar-refractivity contribution is 6.01. The van der Waals surface area contributed by atoms with Crippen molar-refractivity contribution >= 4 is 11.4 Å². The van der Waals surface area contributed by atoms with E-state index >= 15 is 0 Å². The van der Waals surface area contributed by atoms with Crippen LogP contribution >= 0.6 is 0 Å². The van der Waals surface area contributed by atoms with Gasteiger partial charge in [-0.25, -0.2) is 8.78 Å². The number of oxime groups is 1. The van der Waals surface area contributed by atoms with E-state index in [4.69, 9.17) is 4.84 Å². The van der Waals surface area contributed by atoms with Crippen LogP contribution in [0.4, 0.5) is 8.78 Å². The number of aryl methyl sites for hydroxylation is 1. The molecule has 7 nitrogen and oxygen atoms in total. The van der Waals surface area contributed by atoms with E-state index in [0.717, 1.165) is 0 Å². The first kappa shape index (κ1) is 17.5. The Bertz CT molecular complexity index is 1210. The lowest BCUT2D eigenvalue weighted by molar-refractivity contribution is 0.0698. The van der Waals surface area contributed by atoms with Gasteiger partial charge in [0.1, 0.15) is 17.5 Å². The van der Waals surface area contributed by atoms with Gasteiger partial charge in [-0.1, -0.05) is 5.16 Å². The SMILES string of the molecule is Cc1nnc2cc(-c3c(F)cc(C4=NO[C@@H](Cn5cccn5)C4)cc3F)ccn12. The number of rotatable bonds is 4. The van der Waals surface area contributed by atoms with Crippen LogP contribution in [0.3, 0.4) is 0 Å². The molecule has 0 amide bonds. The number of benzene rings is 1. The van der Waals surface area contributed by atoms with E-state index in [2.05, 4.69) is 20.5 Å². The number of hydrogen-bond donors (Lipinski definition) is 0. The van der Waals surface area contributed by atoms with E-state index in [9.17, 15) is 8.78 Å². The van der Waals surface area contributed by atoms with Gasteiger partial charge < -0.3 is 4.84 Å². The Balaban J connectivity index is 1.42. The molecule has 0 fully saturated rings. The summed E-state index contributed by atoms with van der Waals surface area (Å²) in [5.41, 5.74) is 1.69. The van der Waals surface area contributed by atoms with Gasteiger partial charge in [0.05, 0.1) is 17.8 Å². The molecule has 0 saturated heterocycles. The van der Waals surface area contributed by atoms with Crippen LogP contribution in [0.2, 0.25) is 0 Å². The maximum Gasteiger partial charge on any atom is 0.161 e. The van der Waals surface area contributed by atoms with Crippen molar-refractivity contribution in [1.29, 1.82) is 0 Å². The monoisotopic (exact) mass is 394 g/mol. The fourth-order valence-corrected chi connectivity index (χ4v) is 3.50. The fraction of sp³-hybridized carbons (Fsp3) is 0.200. The predicted octanol–water partition coefficient (Wildman–Crippen LogP) is 3.37. The molecule has 1 aromatic carbocycles. The molecule has 0 unspecified atom stereocenters. The van der Waals surface area contributed by atoms with Crippen LogP contribution in [0.25, 0.3) is 16.8 Å². The molecule has 1 aliphatic heterocycles. The van der Waals surface area contributed by atoms with Crippen molar-refractivity contribution < 1.29 is 13.6 Å². The summed E-state index contributed by atoms with van der Waals surface area (Å²) < 4.78 is 33.2. The van der Waals surface area contributed by atoms with Crippen LogP contribution in [-0.2, 0) is 11.4 Å². The summed E-state index contributed by atoms with van der Waals surface area (Å²) in [6.45, 7) is 2.32. The Hall–Kier alpha value is -3.62. The molecule has 0 N–H and O–H groups in total. The van der Waals surface area contributed by atoms with Gasteiger partial charge in [0.25, 0.3) is 0 Å². The molecular formula is C20H16F2N6O. The van der Waals surface area contributed by atoms with Crippen LogP contribution in [0.5, 0.6) is 0 Å². The molecule has 5 rings (SSSR count). The smallest absolute Gasteiger partial charge is 0.161 e. The van der Waals surface area contributed by atoms with Gasteiger partial charge in [0, 0.05) is 30.6 Å². The maximum atomic E-state index is 14.9. The summed E-state index contributed by atoms with van der Waals surface area (Å²) in [6, 6.07) is 7.64. The quantitative estimate of drug-likeness (QED) is 0.532. The predicted molar refractivity (Wildman–Crippen MR) is 101 cm³/mol. The van der Waals surface area contributed by atoms with Crippen LogP contribution in [-0.4, -0.2) is 36.2 Å². The zero-order valence-electron chi connectivity index (χ0n) is 15.5. The van der Waals surface area contributed by atoms with Crippen molar-refractivity contribution in [2.75, 3.05) is 0 Å². The molecule has 0 aliphatic carbocycles. The minimum Gasteiger partial charge on any atom is -0.390 e. The molecule has 0 saturated carbocycles. The Labute approximate surface area is 164 Å². The van der Waals surface area contributed by atoms with Crippen molar-refractivity contribution in [3.63, 3.8) is 0 Å². The molecule has 0 radical (unpaired) electrons. The van der Waals surface area contributed by atoms with Crippen LogP contribution < -0.4 is 0 Å². The Morgan fingerprint density at radius 3 is 2.69 bits per heavy atom. The normalized spacial score (nSPS) is 16.2. The first-order chi connectivity index (χ1) is 14.1. The van der Waals surface area contributed by atoms with Crippen LogP contribution in [0.1, 0.15) is 17.8 Å². The number of halogens is 2. The highest BCUT2D eigenvalue weighted by Crippen LogP contribution is 2.29. The number of nitrogens with zero attached hydrogens (tertiary/aromatic N) is 6. The van der Waals surface area contributed by atoms with Crippen molar-refractivity contribution in [3.8, 4) is 11.1 Å². The highest BCUT2D eigenvalue weighted by Gasteiger charge is 2.25. The molecule has 1 atom stereocenters. The summed E-state index contributed by atoms with van der Waals surface area (Å²) in [4.78, 5) is 5.40. The number of pyridine rings is 1. The second-order valence-corrected chi connectivity index (χ2v) is 6.90. The average molecular weight is 394 g/mol. The summed E-state index contributed by atoms with van der Waals surface area (Å²) >= 11 is 0. The third kappa shape index (κ3) is 3.14. The van der Waals surface area contributed by atoms with Crippen molar-refractivity contribution in [2.45, 2.75) is 26.0 Å². The molecule has 146 valence electrons. The third-order valence-corrected chi connectivity index (χ3v) is 4.93. The minimum atomic E-state index is -0.668. The topological polar surface area (TPSA) is 69.6 Å². The lowest BCUT2D eigenvalue weighted by atomic mass is 9.99. The van der Waals surface area contributed by atoms with E-state index in [1.807, 2.05) is 12.3 Å². The zero-order valence-corrected chi connectivity index (χ0v) is 15.5. The molecule has 0 bridgehead atoms. The summed E-state index contributed by atoms with van der Waals surface area (Å²) in [6.07, 6.45) is 5.42. The van der Waals surface area contributed by atoms with Crippen molar-refractivity contribution in [2.24, 2.45) is 5.16 Å². The summed E-state index contributed by atoms with van der Waals surface area (Å²) in [5, 5.41) is 16.1. The van der Waals surface area contributed by atoms with Crippen LogP contribution in [0.15, 0.2) is 54.1 Å². The number of fused-ring (bicyclic) bond motifs is 1. The van der Waals surface area contributed by atoms with Crippen molar-refractivity contribution in [1.82, 2.24) is 24.4 Å². The Morgan fingerprint density at radius 1 is 1.10 bits per heavy atom. The van der Waals surface area contributed by atoms with Gasteiger partial charge in [-0.3, -0.25) is 9.08 Å². The van der Waals surface area contributed by atoms with Gasteiger partial charge >= 0.3 is 0 Å². The molecule has 1 aliphatic rings. The van der Waals surface area contributed by atoms with Crippen molar-refractivity contribution in [3.05, 3.63) is 71.9 Å². The number of hydrogen-bond acceptors (Lipinski definition) is 5. The van der Waals surface area contributed by atoms with Crippen LogP contribution in [0, 0.1) is 18.6 Å². The van der Waals surface area contributed by atoms with E-state index in [1.54, 1.807) is 40.5 Å². The zero-order chi connectivity index (χ0) is 20.0. The minimum absolute atomic E-state index is 0.107. The standard InChI is InChI=1S/C20H16F2N6O/c1-12-24-25-19-9-13(3-6-28(12)19)20-16(21)7-14(8-17(20)22)18-10-15(29-26-18)11-27-5-2-4-23-27/h2-9,15H,10-11H2,1H3/t15-/m1/s1. The van der Waals surface area contributed by atoms with Gasteiger partial charge in [-0.05, 0) is 42.8 Å². The first-order valence-corrected chi connectivity index (χ1v) is 9.10. The lowest BCUT2D eigenvalue weighted by Gasteiger charge is -2.09. The first-order valence-electron chi connectivity index (χ1n) is 9.10. The Morgan fingerprint density at radius 2 is 1.93 bits per heavy atom.